The predicted octanol–water partition coefficient (Wildman–Crippen LogP) is 2.46. The first-order valence-electron chi connectivity index (χ1n) is 4.79. The van der Waals surface area contributed by atoms with E-state index >= 15 is 0 Å². The summed E-state index contributed by atoms with van der Waals surface area (Å²) in [6, 6.07) is 1.81. The molecule has 0 saturated carbocycles. The van der Waals surface area contributed by atoms with Crippen LogP contribution in [0, 0.1) is 17.3 Å². The Labute approximate surface area is 85.8 Å². The molecule has 1 aromatic heterocycles. The van der Waals surface area contributed by atoms with Crippen LogP contribution in [0.5, 0.6) is 0 Å². The molecule has 74 valence electrons. The van der Waals surface area contributed by atoms with Crippen LogP contribution < -0.4 is 0 Å². The molecule has 0 fully saturated rings. The summed E-state index contributed by atoms with van der Waals surface area (Å²) in [5.41, 5.74) is 0.282. The summed E-state index contributed by atoms with van der Waals surface area (Å²) in [6.45, 7) is 6.54. The van der Waals surface area contributed by atoms with E-state index in [1.807, 2.05) is 6.07 Å². The van der Waals surface area contributed by atoms with Crippen molar-refractivity contribution < 1.29 is 0 Å². The molecule has 0 N–H and O–H groups in total. The van der Waals surface area contributed by atoms with Gasteiger partial charge in [-0.2, -0.15) is 0 Å². The maximum Gasteiger partial charge on any atom is 0.140 e. The second-order valence-electron chi connectivity index (χ2n) is 4.43. The van der Waals surface area contributed by atoms with E-state index in [0.29, 0.717) is 6.42 Å². The van der Waals surface area contributed by atoms with E-state index in [0.717, 1.165) is 12.2 Å². The van der Waals surface area contributed by atoms with Crippen LogP contribution in [0.15, 0.2) is 18.5 Å². The largest absolute Gasteiger partial charge is 0.240 e. The first-order valence-corrected chi connectivity index (χ1v) is 4.79. The van der Waals surface area contributed by atoms with Crippen LogP contribution in [0.2, 0.25) is 0 Å². The Kier molecular flexibility index (Phi) is 3.64. The topological polar surface area (TPSA) is 25.8 Å². The van der Waals surface area contributed by atoms with Gasteiger partial charge in [-0.05, 0) is 11.5 Å². The highest BCUT2D eigenvalue weighted by molar-refractivity contribution is 5.07. The Morgan fingerprint density at radius 3 is 2.36 bits per heavy atom. The van der Waals surface area contributed by atoms with E-state index in [4.69, 9.17) is 0 Å². The zero-order valence-corrected chi connectivity index (χ0v) is 9.04. The van der Waals surface area contributed by atoms with E-state index in [-0.39, 0.29) is 5.41 Å². The van der Waals surface area contributed by atoms with Crippen molar-refractivity contribution in [3.8, 4) is 11.8 Å². The molecular weight excluding hydrogens is 172 g/mol. The zero-order valence-electron chi connectivity index (χ0n) is 9.04. The van der Waals surface area contributed by atoms with E-state index < -0.39 is 0 Å². The Balaban J connectivity index is 2.41. The fourth-order valence-corrected chi connectivity index (χ4v) is 0.890. The van der Waals surface area contributed by atoms with Crippen LogP contribution in [-0.2, 0) is 6.42 Å². The fourth-order valence-electron chi connectivity index (χ4n) is 0.890. The molecule has 1 heterocycles. The van der Waals surface area contributed by atoms with Crippen molar-refractivity contribution in [2.24, 2.45) is 5.41 Å². The maximum atomic E-state index is 4.10. The third kappa shape index (κ3) is 4.61. The van der Waals surface area contributed by atoms with Crippen molar-refractivity contribution in [2.45, 2.75) is 33.6 Å². The summed E-state index contributed by atoms with van der Waals surface area (Å²) < 4.78 is 0. The lowest BCUT2D eigenvalue weighted by atomic mass is 9.93. The third-order valence-corrected chi connectivity index (χ3v) is 1.61. The van der Waals surface area contributed by atoms with Crippen LogP contribution in [0.3, 0.4) is 0 Å². The van der Waals surface area contributed by atoms with Gasteiger partial charge >= 0.3 is 0 Å². The molecule has 0 aliphatic heterocycles. The van der Waals surface area contributed by atoms with E-state index in [1.54, 1.807) is 12.4 Å². The number of aromatic nitrogens is 2. The molecule has 0 spiro atoms. The van der Waals surface area contributed by atoms with Gasteiger partial charge in [-0.15, -0.1) is 5.92 Å². The standard InChI is InChI=1S/C12H16N2/c1-12(2,3)8-5-4-7-11-13-9-6-10-14-11/h6,9-10H,7-8H2,1-3H3. The lowest BCUT2D eigenvalue weighted by Gasteiger charge is -2.12. The first kappa shape index (κ1) is 10.7. The number of rotatable bonds is 1. The summed E-state index contributed by atoms with van der Waals surface area (Å²) in [7, 11) is 0. The molecule has 2 nitrogen and oxygen atoms in total. The van der Waals surface area contributed by atoms with Gasteiger partial charge in [-0.25, -0.2) is 9.97 Å². The van der Waals surface area contributed by atoms with Crippen molar-refractivity contribution >= 4 is 0 Å². The summed E-state index contributed by atoms with van der Waals surface area (Å²) in [4.78, 5) is 8.20. The van der Waals surface area contributed by atoms with Gasteiger partial charge < -0.3 is 0 Å². The van der Waals surface area contributed by atoms with Gasteiger partial charge in [0.25, 0.3) is 0 Å². The van der Waals surface area contributed by atoms with Crippen LogP contribution in [0.25, 0.3) is 0 Å². The summed E-state index contributed by atoms with van der Waals surface area (Å²) in [6.07, 6.45) is 5.05. The molecule has 0 radical (unpaired) electrons. The van der Waals surface area contributed by atoms with Gasteiger partial charge in [0.15, 0.2) is 0 Å². The minimum absolute atomic E-state index is 0.282. The van der Waals surface area contributed by atoms with Crippen LogP contribution in [0.4, 0.5) is 0 Å². The molecule has 0 aliphatic rings. The molecule has 14 heavy (non-hydrogen) atoms. The SMILES string of the molecule is CC(C)(C)CC#CCc1ncccn1. The van der Waals surface area contributed by atoms with E-state index in [2.05, 4.69) is 42.6 Å². The highest BCUT2D eigenvalue weighted by Crippen LogP contribution is 2.16. The van der Waals surface area contributed by atoms with Crippen molar-refractivity contribution in [3.05, 3.63) is 24.3 Å². The molecular formula is C12H16N2. The van der Waals surface area contributed by atoms with Gasteiger partial charge in [0.2, 0.25) is 0 Å². The van der Waals surface area contributed by atoms with Gasteiger partial charge in [-0.3, -0.25) is 0 Å². The fraction of sp³-hybridized carbons (Fsp3) is 0.500. The monoisotopic (exact) mass is 188 g/mol. The van der Waals surface area contributed by atoms with Crippen molar-refractivity contribution in [3.63, 3.8) is 0 Å². The molecule has 0 bridgehead atoms. The molecule has 0 aromatic carbocycles. The minimum Gasteiger partial charge on any atom is -0.240 e. The molecule has 0 unspecified atom stereocenters. The smallest absolute Gasteiger partial charge is 0.140 e. The van der Waals surface area contributed by atoms with Crippen LogP contribution in [0.1, 0.15) is 33.0 Å². The lowest BCUT2D eigenvalue weighted by Crippen LogP contribution is -2.02. The molecule has 2 heteroatoms. The Morgan fingerprint density at radius 2 is 1.79 bits per heavy atom. The molecule has 0 amide bonds. The Bertz CT molecular complexity index is 325. The van der Waals surface area contributed by atoms with Crippen molar-refractivity contribution in [1.82, 2.24) is 9.97 Å². The lowest BCUT2D eigenvalue weighted by molar-refractivity contribution is 0.428. The number of nitrogens with zero attached hydrogens (tertiary/aromatic N) is 2. The second-order valence-corrected chi connectivity index (χ2v) is 4.43. The molecule has 0 aliphatic carbocycles. The number of hydrogen-bond acceptors (Lipinski definition) is 2. The summed E-state index contributed by atoms with van der Waals surface area (Å²) >= 11 is 0. The van der Waals surface area contributed by atoms with Crippen molar-refractivity contribution in [2.75, 3.05) is 0 Å². The Hall–Kier alpha value is -1.36. The minimum atomic E-state index is 0.282. The molecule has 0 atom stereocenters. The molecule has 1 rings (SSSR count). The number of hydrogen-bond donors (Lipinski definition) is 0. The third-order valence-electron chi connectivity index (χ3n) is 1.61. The summed E-state index contributed by atoms with van der Waals surface area (Å²) in [5, 5.41) is 0. The predicted molar refractivity (Wildman–Crippen MR) is 57.6 cm³/mol. The maximum absolute atomic E-state index is 4.10. The van der Waals surface area contributed by atoms with Crippen LogP contribution in [-0.4, -0.2) is 9.97 Å². The normalized spacial score (nSPS) is 10.5. The van der Waals surface area contributed by atoms with Crippen molar-refractivity contribution in [1.29, 1.82) is 0 Å². The highest BCUT2D eigenvalue weighted by Gasteiger charge is 2.06. The quantitative estimate of drug-likeness (QED) is 0.633. The zero-order chi connectivity index (χ0) is 10.4. The van der Waals surface area contributed by atoms with E-state index in [1.165, 1.54) is 0 Å². The average Bonchev–Trinajstić information content (AvgIpc) is 2.13. The molecule has 1 aromatic rings. The summed E-state index contributed by atoms with van der Waals surface area (Å²) in [5.74, 6) is 7.03. The van der Waals surface area contributed by atoms with E-state index in [9.17, 15) is 0 Å². The molecule has 0 saturated heterocycles. The van der Waals surface area contributed by atoms with Gasteiger partial charge in [0.1, 0.15) is 5.82 Å². The Morgan fingerprint density at radius 1 is 1.14 bits per heavy atom. The van der Waals surface area contributed by atoms with Gasteiger partial charge in [-0.1, -0.05) is 26.7 Å². The van der Waals surface area contributed by atoms with Crippen LogP contribution >= 0.6 is 0 Å². The second kappa shape index (κ2) is 4.76. The first-order chi connectivity index (χ1) is 6.58. The average molecular weight is 188 g/mol. The van der Waals surface area contributed by atoms with Gasteiger partial charge in [0, 0.05) is 18.8 Å². The highest BCUT2D eigenvalue weighted by atomic mass is 14.8. The van der Waals surface area contributed by atoms with Gasteiger partial charge in [0.05, 0.1) is 6.42 Å².